The van der Waals surface area contributed by atoms with Gasteiger partial charge >= 0.3 is 5.97 Å². The fourth-order valence-electron chi connectivity index (χ4n) is 3.20. The van der Waals surface area contributed by atoms with Gasteiger partial charge in [0, 0.05) is 18.1 Å². The van der Waals surface area contributed by atoms with Crippen molar-refractivity contribution in [3.8, 4) is 12.1 Å². The molecule has 3 aromatic rings. The maximum atomic E-state index is 12.6. The van der Waals surface area contributed by atoms with Crippen LogP contribution in [0.15, 0.2) is 72.8 Å². The Hall–Kier alpha value is -5.02. The van der Waals surface area contributed by atoms with Crippen LogP contribution in [0, 0.1) is 32.8 Å². The minimum absolute atomic E-state index is 0.0327. The van der Waals surface area contributed by atoms with Gasteiger partial charge in [0.1, 0.15) is 11.8 Å². The van der Waals surface area contributed by atoms with E-state index in [0.717, 1.165) is 12.1 Å². The summed E-state index contributed by atoms with van der Waals surface area (Å²) in [7, 11) is 0. The number of amides is 1. The molecule has 9 heteroatoms. The van der Waals surface area contributed by atoms with Crippen LogP contribution in [0.5, 0.6) is 0 Å². The molecule has 9 nitrogen and oxygen atoms in total. The highest BCUT2D eigenvalue weighted by molar-refractivity contribution is 5.97. The Bertz CT molecular complexity index is 1310. The zero-order valence-electron chi connectivity index (χ0n) is 17.8. The third-order valence-electron chi connectivity index (χ3n) is 4.91. The maximum absolute atomic E-state index is 12.6. The average molecular weight is 454 g/mol. The number of hydrogen-bond acceptors (Lipinski definition) is 7. The topological polar surface area (TPSA) is 146 Å². The summed E-state index contributed by atoms with van der Waals surface area (Å²) < 4.78 is 5.25. The monoisotopic (exact) mass is 454 g/mol. The predicted octanol–water partition coefficient (Wildman–Crippen LogP) is 4.46. The smallest absolute Gasteiger partial charge is 0.339 e. The third kappa shape index (κ3) is 5.81. The van der Waals surface area contributed by atoms with Crippen LogP contribution in [0.3, 0.4) is 0 Å². The molecule has 0 saturated carbocycles. The maximum Gasteiger partial charge on any atom is 0.339 e. The van der Waals surface area contributed by atoms with Crippen molar-refractivity contribution in [2.24, 2.45) is 0 Å². The average Bonchev–Trinajstić information content (AvgIpc) is 2.86. The molecular formula is C25H18N4O5. The number of anilines is 1. The van der Waals surface area contributed by atoms with Crippen molar-refractivity contribution in [1.29, 1.82) is 10.5 Å². The van der Waals surface area contributed by atoms with Crippen LogP contribution in [0.2, 0.25) is 0 Å². The van der Waals surface area contributed by atoms with Crippen molar-refractivity contribution in [2.75, 3.05) is 5.32 Å². The second-order valence-electron chi connectivity index (χ2n) is 7.13. The number of nitriles is 2. The number of nitro groups is 1. The van der Waals surface area contributed by atoms with Gasteiger partial charge in [-0.25, -0.2) is 4.79 Å². The molecule has 0 aliphatic carbocycles. The normalized spacial score (nSPS) is 10.9. The summed E-state index contributed by atoms with van der Waals surface area (Å²) in [5.41, 5.74) is 0.957. The highest BCUT2D eigenvalue weighted by Gasteiger charge is 2.22. The number of esters is 1. The van der Waals surface area contributed by atoms with Crippen molar-refractivity contribution >= 4 is 23.3 Å². The molecule has 1 N–H and O–H groups in total. The lowest BCUT2D eigenvalue weighted by Gasteiger charge is -2.12. The number of carbonyl (C=O) groups excluding carboxylic acids is 2. The summed E-state index contributed by atoms with van der Waals surface area (Å²) in [5, 5.41) is 32.4. The van der Waals surface area contributed by atoms with E-state index in [9.17, 15) is 25.0 Å². The Morgan fingerprint density at radius 2 is 1.74 bits per heavy atom. The standard InChI is InChI=1S/C25H18N4O5/c26-15-20-9-5-4-6-17(20)11-13-24(30)28-21-14-19(10-12-22(21)29(32)33)25(31)34-23(16-27)18-7-2-1-3-8-18/h1-10,12,14,23H,11,13H2,(H,28,30). The van der Waals surface area contributed by atoms with E-state index in [-0.39, 0.29) is 24.1 Å². The lowest BCUT2D eigenvalue weighted by atomic mass is 10.0. The Morgan fingerprint density at radius 3 is 2.41 bits per heavy atom. The van der Waals surface area contributed by atoms with Gasteiger partial charge in [0.25, 0.3) is 5.69 Å². The molecule has 3 aromatic carbocycles. The highest BCUT2D eigenvalue weighted by atomic mass is 16.6. The van der Waals surface area contributed by atoms with E-state index < -0.39 is 28.6 Å². The molecule has 3 rings (SSSR count). The molecule has 0 spiro atoms. The molecule has 168 valence electrons. The Balaban J connectivity index is 1.76. The van der Waals surface area contributed by atoms with Gasteiger partial charge in [0.2, 0.25) is 12.0 Å². The van der Waals surface area contributed by atoms with Crippen molar-refractivity contribution in [2.45, 2.75) is 18.9 Å². The summed E-state index contributed by atoms with van der Waals surface area (Å²) >= 11 is 0. The quantitative estimate of drug-likeness (QED) is 0.300. The van der Waals surface area contributed by atoms with Crippen LogP contribution >= 0.6 is 0 Å². The van der Waals surface area contributed by atoms with Gasteiger partial charge in [0.05, 0.1) is 22.1 Å². The van der Waals surface area contributed by atoms with Crippen molar-refractivity contribution in [3.63, 3.8) is 0 Å². The van der Waals surface area contributed by atoms with Crippen LogP contribution in [0.4, 0.5) is 11.4 Å². The number of carbonyl (C=O) groups is 2. The minimum Gasteiger partial charge on any atom is -0.438 e. The molecule has 1 unspecified atom stereocenters. The number of nitrogens with zero attached hydrogens (tertiary/aromatic N) is 3. The molecule has 0 radical (unpaired) electrons. The molecule has 1 amide bonds. The summed E-state index contributed by atoms with van der Waals surface area (Å²) in [4.78, 5) is 35.8. The van der Waals surface area contributed by atoms with Gasteiger partial charge in [-0.15, -0.1) is 0 Å². The van der Waals surface area contributed by atoms with Gasteiger partial charge in [-0.3, -0.25) is 14.9 Å². The lowest BCUT2D eigenvalue weighted by Crippen LogP contribution is -2.15. The van der Waals surface area contributed by atoms with E-state index in [2.05, 4.69) is 5.32 Å². The molecule has 1 atom stereocenters. The van der Waals surface area contributed by atoms with Gasteiger partial charge in [0.15, 0.2) is 0 Å². The Labute approximate surface area is 195 Å². The minimum atomic E-state index is -1.16. The van der Waals surface area contributed by atoms with Crippen molar-refractivity contribution in [3.05, 3.63) is 105 Å². The molecule has 0 aromatic heterocycles. The van der Waals surface area contributed by atoms with E-state index in [0.29, 0.717) is 16.7 Å². The molecule has 0 bridgehead atoms. The van der Waals surface area contributed by atoms with Crippen molar-refractivity contribution in [1.82, 2.24) is 0 Å². The van der Waals surface area contributed by atoms with Crippen molar-refractivity contribution < 1.29 is 19.2 Å². The van der Waals surface area contributed by atoms with Crippen LogP contribution < -0.4 is 5.32 Å². The number of rotatable bonds is 8. The highest BCUT2D eigenvalue weighted by Crippen LogP contribution is 2.27. The first kappa shape index (κ1) is 23.6. The van der Waals surface area contributed by atoms with E-state index >= 15 is 0 Å². The first-order chi connectivity index (χ1) is 16.4. The van der Waals surface area contributed by atoms with E-state index in [1.165, 1.54) is 6.07 Å². The van der Waals surface area contributed by atoms with Crippen LogP contribution in [-0.4, -0.2) is 16.8 Å². The summed E-state index contributed by atoms with van der Waals surface area (Å²) in [6, 6.07) is 22.6. The molecule has 0 aliphatic rings. The first-order valence-corrected chi connectivity index (χ1v) is 10.1. The summed E-state index contributed by atoms with van der Waals surface area (Å²) in [6.07, 6.45) is -0.941. The lowest BCUT2D eigenvalue weighted by molar-refractivity contribution is -0.383. The number of ether oxygens (including phenoxy) is 1. The third-order valence-corrected chi connectivity index (χ3v) is 4.91. The Kier molecular flexibility index (Phi) is 7.67. The zero-order chi connectivity index (χ0) is 24.5. The largest absolute Gasteiger partial charge is 0.438 e. The van der Waals surface area contributed by atoms with Gasteiger partial charge in [-0.1, -0.05) is 48.5 Å². The molecular weight excluding hydrogens is 436 g/mol. The first-order valence-electron chi connectivity index (χ1n) is 10.1. The number of nitro benzene ring substituents is 1. The summed E-state index contributed by atoms with van der Waals surface area (Å²) in [5.74, 6) is -1.40. The molecule has 0 fully saturated rings. The second-order valence-corrected chi connectivity index (χ2v) is 7.13. The number of benzene rings is 3. The zero-order valence-corrected chi connectivity index (χ0v) is 17.8. The van der Waals surface area contributed by atoms with E-state index in [4.69, 9.17) is 10.00 Å². The Morgan fingerprint density at radius 1 is 1.03 bits per heavy atom. The SMILES string of the molecule is N#Cc1ccccc1CCC(=O)Nc1cc(C(=O)OC(C#N)c2ccccc2)ccc1[N+](=O)[O-]. The van der Waals surface area contributed by atoms with Crippen LogP contribution in [-0.2, 0) is 16.0 Å². The summed E-state index contributed by atoms with van der Waals surface area (Å²) in [6.45, 7) is 0. The molecule has 0 heterocycles. The van der Waals surface area contributed by atoms with Crippen LogP contribution in [0.25, 0.3) is 0 Å². The number of aryl methyl sites for hydroxylation is 1. The second kappa shape index (κ2) is 11.0. The molecule has 0 aliphatic heterocycles. The fraction of sp³-hybridized carbons (Fsp3) is 0.120. The van der Waals surface area contributed by atoms with Gasteiger partial charge < -0.3 is 10.1 Å². The number of hydrogen-bond donors (Lipinski definition) is 1. The molecule has 34 heavy (non-hydrogen) atoms. The van der Waals surface area contributed by atoms with E-state index in [1.807, 2.05) is 12.1 Å². The fourth-order valence-corrected chi connectivity index (χ4v) is 3.20. The predicted molar refractivity (Wildman–Crippen MR) is 121 cm³/mol. The van der Waals surface area contributed by atoms with Crippen LogP contribution in [0.1, 0.15) is 39.6 Å². The van der Waals surface area contributed by atoms with E-state index in [1.54, 1.807) is 54.6 Å². The van der Waals surface area contributed by atoms with Gasteiger partial charge in [-0.2, -0.15) is 10.5 Å². The van der Waals surface area contributed by atoms with Gasteiger partial charge in [-0.05, 0) is 30.2 Å². The molecule has 0 saturated heterocycles. The number of nitrogens with one attached hydrogen (secondary N) is 1.